The molecule has 0 aliphatic heterocycles. The molecular weight excluding hydrogens is 188 g/mol. The van der Waals surface area contributed by atoms with Crippen LogP contribution in [0.3, 0.4) is 0 Å². The number of carbonyl (C=O) groups excluding carboxylic acids is 1. The minimum atomic E-state index is -0.241. The smallest absolute Gasteiger partial charge is 0.181 e. The molecule has 3 heteroatoms. The van der Waals surface area contributed by atoms with Gasteiger partial charge in [0.15, 0.2) is 5.78 Å². The summed E-state index contributed by atoms with van der Waals surface area (Å²) >= 11 is 5.39. The Kier molecular flexibility index (Phi) is 3.32. The van der Waals surface area contributed by atoms with Gasteiger partial charge in [0, 0.05) is 0 Å². The molecule has 2 nitrogen and oxygen atoms in total. The van der Waals surface area contributed by atoms with E-state index in [0.29, 0.717) is 12.0 Å². The summed E-state index contributed by atoms with van der Waals surface area (Å²) in [5.74, 6) is -0.272. The topological polar surface area (TPSA) is 37.3 Å². The molecule has 0 aliphatic carbocycles. The number of benzene rings is 1. The molecule has 0 amide bonds. The second-order valence-electron chi connectivity index (χ2n) is 2.72. The first-order chi connectivity index (χ1) is 6.20. The van der Waals surface area contributed by atoms with Gasteiger partial charge in [-0.3, -0.25) is 4.79 Å². The molecule has 1 aromatic rings. The molecular formula is C10H11ClO2. The van der Waals surface area contributed by atoms with E-state index in [1.807, 2.05) is 6.92 Å². The fraction of sp³-hybridized carbons (Fsp3) is 0.300. The van der Waals surface area contributed by atoms with Gasteiger partial charge < -0.3 is 5.11 Å². The summed E-state index contributed by atoms with van der Waals surface area (Å²) in [6.45, 7) is 1.92. The summed E-state index contributed by atoms with van der Waals surface area (Å²) < 4.78 is 0. The molecule has 70 valence electrons. The van der Waals surface area contributed by atoms with Crippen molar-refractivity contribution in [1.29, 1.82) is 0 Å². The summed E-state index contributed by atoms with van der Waals surface area (Å²) in [6, 6.07) is 5.12. The maximum absolute atomic E-state index is 11.2. The summed E-state index contributed by atoms with van der Waals surface area (Å²) in [6.07, 6.45) is 0.704. The van der Waals surface area contributed by atoms with Crippen molar-refractivity contribution in [2.75, 3.05) is 5.88 Å². The van der Waals surface area contributed by atoms with Crippen LogP contribution in [0.25, 0.3) is 0 Å². The van der Waals surface area contributed by atoms with E-state index in [4.69, 9.17) is 11.6 Å². The number of phenolic OH excluding ortho intramolecular Hbond substituents is 1. The van der Waals surface area contributed by atoms with Crippen LogP contribution < -0.4 is 0 Å². The van der Waals surface area contributed by atoms with Gasteiger partial charge >= 0.3 is 0 Å². The number of carbonyl (C=O) groups is 1. The molecule has 0 saturated carbocycles. The van der Waals surface area contributed by atoms with E-state index in [2.05, 4.69) is 0 Å². The number of para-hydroxylation sites is 1. The van der Waals surface area contributed by atoms with Crippen LogP contribution in [0.1, 0.15) is 22.8 Å². The van der Waals surface area contributed by atoms with Gasteiger partial charge in [0.25, 0.3) is 0 Å². The van der Waals surface area contributed by atoms with Crippen LogP contribution in [0.2, 0.25) is 0 Å². The number of ketones is 1. The molecule has 0 atom stereocenters. The van der Waals surface area contributed by atoms with Crippen LogP contribution in [-0.4, -0.2) is 16.8 Å². The van der Waals surface area contributed by atoms with Gasteiger partial charge in [-0.25, -0.2) is 0 Å². The average Bonchev–Trinajstić information content (AvgIpc) is 2.17. The van der Waals surface area contributed by atoms with Crippen molar-refractivity contribution >= 4 is 17.4 Å². The zero-order valence-corrected chi connectivity index (χ0v) is 8.14. The molecule has 0 bridgehead atoms. The molecule has 1 aromatic carbocycles. The lowest BCUT2D eigenvalue weighted by molar-refractivity contribution is 0.101. The molecule has 0 spiro atoms. The highest BCUT2D eigenvalue weighted by Crippen LogP contribution is 2.23. The summed E-state index contributed by atoms with van der Waals surface area (Å²) in [5, 5.41) is 9.61. The first kappa shape index (κ1) is 10.1. The van der Waals surface area contributed by atoms with Crippen LogP contribution in [0, 0.1) is 0 Å². The lowest BCUT2D eigenvalue weighted by Crippen LogP contribution is -2.01. The van der Waals surface area contributed by atoms with Crippen LogP contribution in [0.15, 0.2) is 18.2 Å². The number of rotatable bonds is 3. The lowest BCUT2D eigenvalue weighted by atomic mass is 10.0. The maximum atomic E-state index is 11.2. The number of halogens is 1. The third-order valence-electron chi connectivity index (χ3n) is 1.92. The van der Waals surface area contributed by atoms with Gasteiger partial charge in [0.05, 0.1) is 11.4 Å². The minimum absolute atomic E-state index is 0.0654. The fourth-order valence-corrected chi connectivity index (χ4v) is 1.32. The second kappa shape index (κ2) is 4.28. The highest BCUT2D eigenvalue weighted by atomic mass is 35.5. The van der Waals surface area contributed by atoms with Crippen molar-refractivity contribution in [3.8, 4) is 5.75 Å². The third-order valence-corrected chi connectivity index (χ3v) is 2.17. The fourth-order valence-electron chi connectivity index (χ4n) is 1.17. The van der Waals surface area contributed by atoms with E-state index in [9.17, 15) is 9.90 Å². The second-order valence-corrected chi connectivity index (χ2v) is 2.99. The van der Waals surface area contributed by atoms with Crippen molar-refractivity contribution < 1.29 is 9.90 Å². The highest BCUT2D eigenvalue weighted by Gasteiger charge is 2.11. The Balaban J connectivity index is 3.15. The zero-order chi connectivity index (χ0) is 9.84. The Bertz CT molecular complexity index is 321. The Hall–Kier alpha value is -1.02. The zero-order valence-electron chi connectivity index (χ0n) is 7.38. The normalized spacial score (nSPS) is 10.0. The highest BCUT2D eigenvalue weighted by molar-refractivity contribution is 6.30. The number of hydrogen-bond donors (Lipinski definition) is 1. The van der Waals surface area contributed by atoms with Crippen LogP contribution >= 0.6 is 11.6 Å². The van der Waals surface area contributed by atoms with Gasteiger partial charge in [-0.2, -0.15) is 0 Å². The first-order valence-corrected chi connectivity index (χ1v) is 4.64. The Morgan fingerprint density at radius 2 is 2.23 bits per heavy atom. The molecule has 1 rings (SSSR count). The maximum Gasteiger partial charge on any atom is 0.181 e. The predicted molar refractivity (Wildman–Crippen MR) is 52.5 cm³/mol. The van der Waals surface area contributed by atoms with E-state index < -0.39 is 0 Å². The molecule has 0 radical (unpaired) electrons. The van der Waals surface area contributed by atoms with Crippen LogP contribution in [0.4, 0.5) is 0 Å². The Morgan fingerprint density at radius 1 is 1.54 bits per heavy atom. The number of alkyl halides is 1. The summed E-state index contributed by atoms with van der Waals surface area (Å²) in [5.41, 5.74) is 1.09. The summed E-state index contributed by atoms with van der Waals surface area (Å²) in [7, 11) is 0. The number of hydrogen-bond acceptors (Lipinski definition) is 2. The van der Waals surface area contributed by atoms with E-state index in [-0.39, 0.29) is 17.4 Å². The van der Waals surface area contributed by atoms with Gasteiger partial charge in [0.2, 0.25) is 0 Å². The quantitative estimate of drug-likeness (QED) is 0.598. The van der Waals surface area contributed by atoms with Crippen molar-refractivity contribution in [2.24, 2.45) is 0 Å². The number of aryl methyl sites for hydroxylation is 1. The van der Waals surface area contributed by atoms with E-state index in [0.717, 1.165) is 5.56 Å². The molecule has 0 saturated heterocycles. The molecule has 13 heavy (non-hydrogen) atoms. The number of Topliss-reactive ketones (excluding diaryl/α,β-unsaturated/α-hetero) is 1. The van der Waals surface area contributed by atoms with Crippen molar-refractivity contribution in [3.05, 3.63) is 29.3 Å². The molecule has 0 unspecified atom stereocenters. The molecule has 1 N–H and O–H groups in total. The van der Waals surface area contributed by atoms with Crippen molar-refractivity contribution in [1.82, 2.24) is 0 Å². The van der Waals surface area contributed by atoms with E-state index in [1.54, 1.807) is 18.2 Å². The molecule has 0 aliphatic rings. The van der Waals surface area contributed by atoms with Crippen molar-refractivity contribution in [3.63, 3.8) is 0 Å². The largest absolute Gasteiger partial charge is 0.507 e. The Labute approximate surface area is 82.2 Å². The first-order valence-electron chi connectivity index (χ1n) is 4.10. The van der Waals surface area contributed by atoms with E-state index in [1.165, 1.54) is 0 Å². The molecule has 0 heterocycles. The van der Waals surface area contributed by atoms with Crippen LogP contribution in [0.5, 0.6) is 5.75 Å². The molecule has 0 fully saturated rings. The SMILES string of the molecule is CCc1cccc(C(=O)CCl)c1O. The van der Waals surface area contributed by atoms with Gasteiger partial charge in [-0.15, -0.1) is 11.6 Å². The predicted octanol–water partition coefficient (Wildman–Crippen LogP) is 2.38. The standard InChI is InChI=1S/C10H11ClO2/c1-2-7-4-3-5-8(10(7)13)9(12)6-11/h3-5,13H,2,6H2,1H3. The third kappa shape index (κ3) is 2.01. The van der Waals surface area contributed by atoms with Gasteiger partial charge in [0.1, 0.15) is 5.75 Å². The van der Waals surface area contributed by atoms with Crippen molar-refractivity contribution in [2.45, 2.75) is 13.3 Å². The van der Waals surface area contributed by atoms with E-state index >= 15 is 0 Å². The van der Waals surface area contributed by atoms with Gasteiger partial charge in [-0.1, -0.05) is 19.1 Å². The average molecular weight is 199 g/mol. The van der Waals surface area contributed by atoms with Crippen LogP contribution in [-0.2, 0) is 6.42 Å². The Morgan fingerprint density at radius 3 is 2.77 bits per heavy atom. The lowest BCUT2D eigenvalue weighted by Gasteiger charge is -2.05. The molecule has 0 aromatic heterocycles. The monoisotopic (exact) mass is 198 g/mol. The van der Waals surface area contributed by atoms with Gasteiger partial charge in [-0.05, 0) is 18.1 Å². The number of phenols is 1. The summed E-state index contributed by atoms with van der Waals surface area (Å²) in [4.78, 5) is 11.2. The minimum Gasteiger partial charge on any atom is -0.507 e. The number of aromatic hydroxyl groups is 1.